The van der Waals surface area contributed by atoms with E-state index >= 15 is 0 Å². The summed E-state index contributed by atoms with van der Waals surface area (Å²) in [6, 6.07) is 12.7. The largest absolute Gasteiger partial charge is 0.369 e. The predicted octanol–water partition coefficient (Wildman–Crippen LogP) is 4.46. The zero-order valence-corrected chi connectivity index (χ0v) is 17.0. The van der Waals surface area contributed by atoms with Gasteiger partial charge in [-0.1, -0.05) is 48.7 Å². The number of halogens is 2. The normalized spacial score (nSPS) is 16.0. The molecule has 140 valence electrons. The van der Waals surface area contributed by atoms with Crippen molar-refractivity contribution >= 4 is 38.9 Å². The van der Waals surface area contributed by atoms with Gasteiger partial charge >= 0.3 is 0 Å². The molecular formula is C19H22Cl2N2O2S. The fourth-order valence-electron chi connectivity index (χ4n) is 3.13. The summed E-state index contributed by atoms with van der Waals surface area (Å²) in [4.78, 5) is 2.49. The molecule has 1 fully saturated rings. The molecule has 0 saturated carbocycles. The molecule has 1 heterocycles. The van der Waals surface area contributed by atoms with E-state index in [-0.39, 0.29) is 0 Å². The molecule has 0 aromatic heterocycles. The van der Waals surface area contributed by atoms with Crippen molar-refractivity contribution < 1.29 is 8.42 Å². The maximum absolute atomic E-state index is 12.9. The van der Waals surface area contributed by atoms with Crippen molar-refractivity contribution in [3.05, 3.63) is 58.1 Å². The number of aryl methyl sites for hydroxylation is 1. The van der Waals surface area contributed by atoms with Gasteiger partial charge in [0.15, 0.2) is 0 Å². The molecule has 0 amide bonds. The van der Waals surface area contributed by atoms with Gasteiger partial charge in [-0.05, 0) is 42.3 Å². The number of anilines is 1. The summed E-state index contributed by atoms with van der Waals surface area (Å²) in [5, 5.41) is 1.02. The van der Waals surface area contributed by atoms with E-state index in [0.717, 1.165) is 24.1 Å². The summed E-state index contributed by atoms with van der Waals surface area (Å²) in [6.07, 6.45) is 2.01. The minimum atomic E-state index is -3.45. The Balaban J connectivity index is 1.69. The van der Waals surface area contributed by atoms with E-state index in [1.165, 1.54) is 0 Å². The molecule has 0 atom stereocenters. The van der Waals surface area contributed by atoms with Crippen LogP contribution in [-0.2, 0) is 16.4 Å². The van der Waals surface area contributed by atoms with Crippen LogP contribution < -0.4 is 4.90 Å². The number of hydrogen-bond acceptors (Lipinski definition) is 3. The molecule has 26 heavy (non-hydrogen) atoms. The van der Waals surface area contributed by atoms with E-state index in [2.05, 4.69) is 11.8 Å². The Morgan fingerprint density at radius 1 is 0.923 bits per heavy atom. The van der Waals surface area contributed by atoms with Crippen molar-refractivity contribution in [2.24, 2.45) is 0 Å². The van der Waals surface area contributed by atoms with Gasteiger partial charge in [-0.15, -0.1) is 0 Å². The number of benzene rings is 2. The number of rotatable bonds is 5. The average Bonchev–Trinajstić information content (AvgIpc) is 2.65. The molecule has 2 aromatic rings. The quantitative estimate of drug-likeness (QED) is 0.727. The summed E-state index contributed by atoms with van der Waals surface area (Å²) in [5.41, 5.74) is 2.12. The summed E-state index contributed by atoms with van der Waals surface area (Å²) in [5.74, 6) is 0. The van der Waals surface area contributed by atoms with Crippen LogP contribution in [0, 0.1) is 0 Å². The van der Waals surface area contributed by atoms with Crippen molar-refractivity contribution in [3.8, 4) is 0 Å². The molecule has 0 N–H and O–H groups in total. The van der Waals surface area contributed by atoms with Crippen LogP contribution in [0.15, 0.2) is 47.4 Å². The number of nitrogens with zero attached hydrogens (tertiary/aromatic N) is 2. The zero-order valence-electron chi connectivity index (χ0n) is 14.7. The van der Waals surface area contributed by atoms with Gasteiger partial charge in [0.2, 0.25) is 10.0 Å². The van der Waals surface area contributed by atoms with E-state index in [1.807, 2.05) is 24.3 Å². The molecule has 2 aromatic carbocycles. The minimum absolute atomic E-state index is 0.361. The lowest BCUT2D eigenvalue weighted by Crippen LogP contribution is -2.48. The highest BCUT2D eigenvalue weighted by atomic mass is 35.5. The van der Waals surface area contributed by atoms with Gasteiger partial charge in [0.25, 0.3) is 0 Å². The first-order valence-corrected chi connectivity index (χ1v) is 10.9. The Labute approximate surface area is 165 Å². The van der Waals surface area contributed by atoms with Gasteiger partial charge < -0.3 is 4.90 Å². The molecular weight excluding hydrogens is 391 g/mol. The number of sulfonamides is 1. The van der Waals surface area contributed by atoms with Crippen molar-refractivity contribution in [2.45, 2.75) is 24.7 Å². The molecule has 1 saturated heterocycles. The molecule has 3 rings (SSSR count). The number of hydrogen-bond donors (Lipinski definition) is 0. The van der Waals surface area contributed by atoms with Gasteiger partial charge in [0.1, 0.15) is 0 Å². The summed E-state index contributed by atoms with van der Waals surface area (Å²) < 4.78 is 27.3. The first-order valence-electron chi connectivity index (χ1n) is 8.71. The van der Waals surface area contributed by atoms with Crippen LogP contribution in [0.25, 0.3) is 0 Å². The fourth-order valence-corrected chi connectivity index (χ4v) is 4.85. The van der Waals surface area contributed by atoms with Crippen LogP contribution in [0.1, 0.15) is 18.9 Å². The van der Waals surface area contributed by atoms with Crippen LogP contribution in [-0.4, -0.2) is 38.9 Å². The topological polar surface area (TPSA) is 40.6 Å². The third-order valence-electron chi connectivity index (χ3n) is 4.61. The van der Waals surface area contributed by atoms with E-state index in [0.29, 0.717) is 41.1 Å². The van der Waals surface area contributed by atoms with Gasteiger partial charge in [-0.2, -0.15) is 4.31 Å². The first-order chi connectivity index (χ1) is 12.4. The summed E-state index contributed by atoms with van der Waals surface area (Å²) in [6.45, 7) is 4.23. The van der Waals surface area contributed by atoms with Crippen molar-refractivity contribution in [1.29, 1.82) is 0 Å². The highest BCUT2D eigenvalue weighted by molar-refractivity contribution is 7.89. The Morgan fingerprint density at radius 3 is 2.15 bits per heavy atom. The molecule has 0 aliphatic carbocycles. The number of piperazine rings is 1. The minimum Gasteiger partial charge on any atom is -0.369 e. The molecule has 1 aliphatic heterocycles. The van der Waals surface area contributed by atoms with E-state index in [4.69, 9.17) is 23.2 Å². The lowest BCUT2D eigenvalue weighted by molar-refractivity contribution is 0.385. The lowest BCUT2D eigenvalue weighted by atomic mass is 10.1. The van der Waals surface area contributed by atoms with Gasteiger partial charge in [-0.3, -0.25) is 0 Å². The van der Waals surface area contributed by atoms with Gasteiger partial charge in [-0.25, -0.2) is 8.42 Å². The Morgan fingerprint density at radius 2 is 1.58 bits per heavy atom. The second-order valence-electron chi connectivity index (χ2n) is 6.38. The van der Waals surface area contributed by atoms with Crippen molar-refractivity contribution in [2.75, 3.05) is 31.1 Å². The molecule has 4 nitrogen and oxygen atoms in total. The predicted molar refractivity (Wildman–Crippen MR) is 108 cm³/mol. The maximum Gasteiger partial charge on any atom is 0.243 e. The SMILES string of the molecule is CCCc1ccc(S(=O)(=O)N2CCN(c3ccc(Cl)c(Cl)c3)CC2)cc1. The highest BCUT2D eigenvalue weighted by Gasteiger charge is 2.28. The van der Waals surface area contributed by atoms with Crippen LogP contribution >= 0.6 is 23.2 Å². The molecule has 1 aliphatic rings. The molecule has 7 heteroatoms. The van der Waals surface area contributed by atoms with Crippen LogP contribution in [0.2, 0.25) is 10.0 Å². The molecule has 0 bridgehead atoms. The van der Waals surface area contributed by atoms with Crippen LogP contribution in [0.3, 0.4) is 0 Å². The Hall–Kier alpha value is -1.27. The standard InChI is InChI=1S/C19H22Cl2N2O2S/c1-2-3-15-4-7-17(8-5-15)26(24,25)23-12-10-22(11-13-23)16-6-9-18(20)19(21)14-16/h4-9,14H,2-3,10-13H2,1H3. The lowest BCUT2D eigenvalue weighted by Gasteiger charge is -2.35. The second kappa shape index (κ2) is 8.17. The van der Waals surface area contributed by atoms with Gasteiger partial charge in [0.05, 0.1) is 14.9 Å². The first kappa shape index (κ1) is 19.5. The maximum atomic E-state index is 12.9. The monoisotopic (exact) mass is 412 g/mol. The Kier molecular flexibility index (Phi) is 6.13. The van der Waals surface area contributed by atoms with E-state index in [9.17, 15) is 8.42 Å². The van der Waals surface area contributed by atoms with Crippen molar-refractivity contribution in [3.63, 3.8) is 0 Å². The zero-order chi connectivity index (χ0) is 18.7. The average molecular weight is 413 g/mol. The third kappa shape index (κ3) is 4.17. The Bertz CT molecular complexity index is 862. The second-order valence-corrected chi connectivity index (χ2v) is 9.14. The smallest absolute Gasteiger partial charge is 0.243 e. The summed E-state index contributed by atoms with van der Waals surface area (Å²) in [7, 11) is -3.45. The fraction of sp³-hybridized carbons (Fsp3) is 0.368. The third-order valence-corrected chi connectivity index (χ3v) is 7.26. The van der Waals surface area contributed by atoms with Gasteiger partial charge in [0, 0.05) is 31.9 Å². The van der Waals surface area contributed by atoms with E-state index in [1.54, 1.807) is 22.5 Å². The molecule has 0 unspecified atom stereocenters. The summed E-state index contributed by atoms with van der Waals surface area (Å²) >= 11 is 12.0. The van der Waals surface area contributed by atoms with Crippen LogP contribution in [0.5, 0.6) is 0 Å². The molecule has 0 radical (unpaired) electrons. The highest BCUT2D eigenvalue weighted by Crippen LogP contribution is 2.28. The van der Waals surface area contributed by atoms with Crippen LogP contribution in [0.4, 0.5) is 5.69 Å². The van der Waals surface area contributed by atoms with Crippen molar-refractivity contribution in [1.82, 2.24) is 4.31 Å². The molecule has 0 spiro atoms. The van der Waals surface area contributed by atoms with E-state index < -0.39 is 10.0 Å².